The summed E-state index contributed by atoms with van der Waals surface area (Å²) in [5.74, 6) is -0.401. The van der Waals surface area contributed by atoms with Gasteiger partial charge in [0.2, 0.25) is 0 Å². The molecule has 0 aliphatic carbocycles. The Kier molecular flexibility index (Phi) is 3.16. The molecule has 0 fully saturated rings. The van der Waals surface area contributed by atoms with Gasteiger partial charge in [0.25, 0.3) is 5.91 Å². The van der Waals surface area contributed by atoms with Crippen LogP contribution in [0, 0.1) is 0 Å². The molecule has 2 heterocycles. The first-order valence-electron chi connectivity index (χ1n) is 5.59. The van der Waals surface area contributed by atoms with E-state index in [-0.39, 0.29) is 11.7 Å². The molecule has 6 nitrogen and oxygen atoms in total. The number of nitrogens with two attached hydrogens (primary N) is 1. The van der Waals surface area contributed by atoms with Crippen LogP contribution in [0.25, 0.3) is 0 Å². The normalized spacial score (nSPS) is 21.1. The van der Waals surface area contributed by atoms with Crippen LogP contribution >= 0.6 is 0 Å². The summed E-state index contributed by atoms with van der Waals surface area (Å²) in [6.45, 7) is 2.52. The van der Waals surface area contributed by atoms with E-state index in [1.54, 1.807) is 16.8 Å². The minimum Gasteiger partial charge on any atom is -0.397 e. The van der Waals surface area contributed by atoms with Crippen molar-refractivity contribution in [3.8, 4) is 0 Å². The van der Waals surface area contributed by atoms with Gasteiger partial charge in [-0.1, -0.05) is 0 Å². The van der Waals surface area contributed by atoms with Crippen LogP contribution in [0.3, 0.4) is 0 Å². The summed E-state index contributed by atoms with van der Waals surface area (Å²) in [6, 6.07) is 1.11. The second kappa shape index (κ2) is 4.49. The Hall–Kier alpha value is -1.76. The van der Waals surface area contributed by atoms with E-state index < -0.39 is 15.9 Å². The molecule has 2 rings (SSSR count). The molecule has 0 spiro atoms. The van der Waals surface area contributed by atoms with Crippen molar-refractivity contribution in [2.24, 2.45) is 0 Å². The van der Waals surface area contributed by atoms with Crippen molar-refractivity contribution < 1.29 is 13.2 Å². The number of nitrogens with zero attached hydrogens (tertiary/aromatic N) is 1. The molecule has 1 atom stereocenters. The van der Waals surface area contributed by atoms with E-state index in [1.165, 1.54) is 6.08 Å². The largest absolute Gasteiger partial charge is 0.397 e. The van der Waals surface area contributed by atoms with Gasteiger partial charge in [0, 0.05) is 18.1 Å². The predicted octanol–water partition coefficient (Wildman–Crippen LogP) is 0.131. The minimum atomic E-state index is -3.16. The van der Waals surface area contributed by atoms with Crippen molar-refractivity contribution in [1.29, 1.82) is 0 Å². The SMILES string of the molecule is CCn1cc(N)cc1C(=O)NC1C=CS(=O)(=O)C1. The summed E-state index contributed by atoms with van der Waals surface area (Å²) in [5, 5.41) is 3.79. The van der Waals surface area contributed by atoms with Gasteiger partial charge in [0.1, 0.15) is 5.69 Å². The molecule has 7 heteroatoms. The van der Waals surface area contributed by atoms with Gasteiger partial charge in [0.15, 0.2) is 9.84 Å². The number of nitrogens with one attached hydrogen (secondary N) is 1. The summed E-state index contributed by atoms with van der Waals surface area (Å²) < 4.78 is 24.2. The van der Waals surface area contributed by atoms with E-state index in [0.29, 0.717) is 17.9 Å². The van der Waals surface area contributed by atoms with E-state index in [1.807, 2.05) is 6.92 Å². The zero-order valence-corrected chi connectivity index (χ0v) is 10.8. The Bertz CT molecular complexity index is 601. The van der Waals surface area contributed by atoms with E-state index in [9.17, 15) is 13.2 Å². The highest BCUT2D eigenvalue weighted by Crippen LogP contribution is 2.13. The quantitative estimate of drug-likeness (QED) is 0.815. The second-order valence-corrected chi connectivity index (χ2v) is 6.11. The Morgan fingerprint density at radius 3 is 2.89 bits per heavy atom. The highest BCUT2D eigenvalue weighted by Gasteiger charge is 2.24. The number of anilines is 1. The van der Waals surface area contributed by atoms with Crippen LogP contribution in [0.4, 0.5) is 5.69 Å². The molecule has 18 heavy (non-hydrogen) atoms. The first-order valence-corrected chi connectivity index (χ1v) is 7.30. The first kappa shape index (κ1) is 12.7. The van der Waals surface area contributed by atoms with E-state index >= 15 is 0 Å². The van der Waals surface area contributed by atoms with Gasteiger partial charge in [-0.3, -0.25) is 4.79 Å². The van der Waals surface area contributed by atoms with E-state index in [0.717, 1.165) is 5.41 Å². The van der Waals surface area contributed by atoms with Crippen molar-refractivity contribution in [2.45, 2.75) is 19.5 Å². The molecule has 1 aromatic rings. The van der Waals surface area contributed by atoms with Gasteiger partial charge in [-0.05, 0) is 19.1 Å². The minimum absolute atomic E-state index is 0.0823. The number of sulfone groups is 1. The lowest BCUT2D eigenvalue weighted by Gasteiger charge is -2.11. The number of carbonyl (C=O) groups excluding carboxylic acids is 1. The average Bonchev–Trinajstić information content (AvgIpc) is 2.81. The van der Waals surface area contributed by atoms with E-state index in [2.05, 4.69) is 5.32 Å². The second-order valence-electron chi connectivity index (χ2n) is 4.18. The number of hydrogen-bond acceptors (Lipinski definition) is 4. The smallest absolute Gasteiger partial charge is 0.268 e. The molecular weight excluding hydrogens is 254 g/mol. The van der Waals surface area contributed by atoms with Crippen LogP contribution in [0.2, 0.25) is 0 Å². The zero-order chi connectivity index (χ0) is 13.3. The van der Waals surface area contributed by atoms with Gasteiger partial charge < -0.3 is 15.6 Å². The number of hydrogen-bond donors (Lipinski definition) is 2. The predicted molar refractivity (Wildman–Crippen MR) is 68.7 cm³/mol. The Morgan fingerprint density at radius 2 is 2.33 bits per heavy atom. The maximum absolute atomic E-state index is 12.0. The number of rotatable bonds is 3. The molecule has 0 saturated heterocycles. The van der Waals surface area contributed by atoms with Gasteiger partial charge in [-0.15, -0.1) is 0 Å². The lowest BCUT2D eigenvalue weighted by Crippen LogP contribution is -2.36. The monoisotopic (exact) mass is 269 g/mol. The molecule has 0 bridgehead atoms. The summed E-state index contributed by atoms with van der Waals surface area (Å²) in [4.78, 5) is 12.0. The van der Waals surface area contributed by atoms with Crippen LogP contribution in [-0.4, -0.2) is 30.7 Å². The molecule has 1 aliphatic heterocycles. The number of nitrogen functional groups attached to an aromatic ring is 1. The molecule has 1 aliphatic rings. The van der Waals surface area contributed by atoms with Crippen LogP contribution < -0.4 is 11.1 Å². The summed E-state index contributed by atoms with van der Waals surface area (Å²) in [5.41, 5.74) is 6.58. The summed E-state index contributed by atoms with van der Waals surface area (Å²) in [7, 11) is -3.16. The number of amides is 1. The molecule has 98 valence electrons. The van der Waals surface area contributed by atoms with Gasteiger partial charge in [-0.2, -0.15) is 0 Å². The van der Waals surface area contributed by atoms with Crippen molar-refractivity contribution in [2.75, 3.05) is 11.5 Å². The molecule has 0 aromatic carbocycles. The molecule has 0 saturated carbocycles. The van der Waals surface area contributed by atoms with Crippen LogP contribution in [0.5, 0.6) is 0 Å². The van der Waals surface area contributed by atoms with E-state index in [4.69, 9.17) is 5.73 Å². The third kappa shape index (κ3) is 2.56. The number of aryl methyl sites for hydroxylation is 1. The Labute approximate surface area is 105 Å². The Morgan fingerprint density at radius 1 is 1.61 bits per heavy atom. The lowest BCUT2D eigenvalue weighted by atomic mass is 10.3. The molecular formula is C11H15N3O3S. The number of aromatic nitrogens is 1. The van der Waals surface area contributed by atoms with Crippen molar-refractivity contribution in [3.63, 3.8) is 0 Å². The molecule has 1 unspecified atom stereocenters. The van der Waals surface area contributed by atoms with Crippen molar-refractivity contribution in [3.05, 3.63) is 29.4 Å². The summed E-state index contributed by atoms with van der Waals surface area (Å²) >= 11 is 0. The molecule has 1 amide bonds. The highest BCUT2D eigenvalue weighted by atomic mass is 32.2. The van der Waals surface area contributed by atoms with Gasteiger partial charge in [-0.25, -0.2) is 8.42 Å². The zero-order valence-electron chi connectivity index (χ0n) is 9.96. The van der Waals surface area contributed by atoms with Crippen LogP contribution in [0.1, 0.15) is 17.4 Å². The molecule has 3 N–H and O–H groups in total. The fourth-order valence-electron chi connectivity index (χ4n) is 1.89. The highest BCUT2D eigenvalue weighted by molar-refractivity contribution is 7.94. The maximum Gasteiger partial charge on any atom is 0.268 e. The third-order valence-electron chi connectivity index (χ3n) is 2.74. The lowest BCUT2D eigenvalue weighted by molar-refractivity contribution is 0.0938. The molecule has 0 radical (unpaired) electrons. The maximum atomic E-state index is 12.0. The standard InChI is InChI=1S/C11H15N3O3S/c1-2-14-6-8(12)5-10(14)11(15)13-9-3-4-18(16,17)7-9/h3-6,9H,2,7,12H2,1H3,(H,13,15). The Balaban J connectivity index is 2.11. The number of carbonyl (C=O) groups is 1. The fraction of sp³-hybridized carbons (Fsp3) is 0.364. The summed E-state index contributed by atoms with van der Waals surface area (Å²) in [6.07, 6.45) is 3.16. The molecule has 1 aromatic heterocycles. The van der Waals surface area contributed by atoms with Crippen molar-refractivity contribution >= 4 is 21.4 Å². The van der Waals surface area contributed by atoms with Gasteiger partial charge >= 0.3 is 0 Å². The third-order valence-corrected chi connectivity index (χ3v) is 4.13. The van der Waals surface area contributed by atoms with Gasteiger partial charge in [0.05, 0.1) is 17.5 Å². The first-order chi connectivity index (χ1) is 8.41. The van der Waals surface area contributed by atoms with Crippen molar-refractivity contribution in [1.82, 2.24) is 9.88 Å². The average molecular weight is 269 g/mol. The fourth-order valence-corrected chi connectivity index (χ4v) is 3.13. The topological polar surface area (TPSA) is 94.2 Å². The van der Waals surface area contributed by atoms with Crippen LogP contribution in [-0.2, 0) is 16.4 Å². The van der Waals surface area contributed by atoms with Crippen LogP contribution in [0.15, 0.2) is 23.7 Å².